The molecule has 2 aliphatic heterocycles. The molecule has 0 spiro atoms. The first-order chi connectivity index (χ1) is 18.0. The van der Waals surface area contributed by atoms with E-state index in [1.54, 1.807) is 0 Å². The molecule has 1 fully saturated rings. The molecule has 2 aliphatic rings. The van der Waals surface area contributed by atoms with Crippen LogP contribution in [0.15, 0.2) is 29.2 Å². The Morgan fingerprint density at radius 3 is 2.34 bits per heavy atom. The van der Waals surface area contributed by atoms with E-state index in [1.165, 1.54) is 39.9 Å². The highest BCUT2D eigenvalue weighted by Crippen LogP contribution is 2.37. The molecular formula is C26H35N5O5S2. The smallest absolute Gasteiger partial charge is 0.319 e. The molecule has 1 aromatic heterocycles. The monoisotopic (exact) mass is 561 g/mol. The number of piperidine rings is 1. The standard InChI is InChI=1S/C26H35N5O5S2/c1-4-10-30-11-9-20-21(15-30)37-25(22(20)24(33)29-26(27)34)28-23(32)18-5-7-19(8-6-18)38(35,36)31-13-16(2)12-17(3)14-31/h5-8,16-17H,4,9-15H2,1-3H3,(H,28,32)(H3,27,29,33,34). The van der Waals surface area contributed by atoms with E-state index in [4.69, 9.17) is 5.73 Å². The molecule has 1 saturated heterocycles. The minimum atomic E-state index is -3.67. The summed E-state index contributed by atoms with van der Waals surface area (Å²) in [6.07, 6.45) is 2.61. The number of benzene rings is 1. The molecule has 2 atom stereocenters. The number of carbonyl (C=O) groups excluding carboxylic acids is 3. The van der Waals surface area contributed by atoms with Gasteiger partial charge in [0.2, 0.25) is 10.0 Å². The second-order valence-electron chi connectivity index (χ2n) is 10.3. The molecule has 0 radical (unpaired) electrons. The molecular weight excluding hydrogens is 526 g/mol. The first-order valence-electron chi connectivity index (χ1n) is 12.9. The molecule has 4 rings (SSSR count). The van der Waals surface area contributed by atoms with Crippen LogP contribution in [0, 0.1) is 11.8 Å². The van der Waals surface area contributed by atoms with Crippen molar-refractivity contribution >= 4 is 44.2 Å². The number of carbonyl (C=O) groups is 3. The quantitative estimate of drug-likeness (QED) is 0.474. The Morgan fingerprint density at radius 2 is 1.74 bits per heavy atom. The summed E-state index contributed by atoms with van der Waals surface area (Å²) in [5, 5.41) is 5.26. The van der Waals surface area contributed by atoms with Gasteiger partial charge in [0.25, 0.3) is 11.8 Å². The van der Waals surface area contributed by atoms with Crippen LogP contribution in [0.2, 0.25) is 0 Å². The number of fused-ring (bicyclic) bond motifs is 1. The Morgan fingerprint density at radius 1 is 1.08 bits per heavy atom. The summed E-state index contributed by atoms with van der Waals surface area (Å²) in [7, 11) is -3.67. The van der Waals surface area contributed by atoms with E-state index in [2.05, 4.69) is 22.5 Å². The number of urea groups is 1. The minimum Gasteiger partial charge on any atom is -0.351 e. The van der Waals surface area contributed by atoms with E-state index >= 15 is 0 Å². The van der Waals surface area contributed by atoms with Gasteiger partial charge < -0.3 is 11.1 Å². The van der Waals surface area contributed by atoms with Crippen molar-refractivity contribution in [2.45, 2.75) is 51.5 Å². The molecule has 2 unspecified atom stereocenters. The van der Waals surface area contributed by atoms with Crippen LogP contribution in [-0.2, 0) is 23.0 Å². The highest BCUT2D eigenvalue weighted by Gasteiger charge is 2.32. The number of sulfonamides is 1. The summed E-state index contributed by atoms with van der Waals surface area (Å²) >= 11 is 1.31. The number of amides is 4. The van der Waals surface area contributed by atoms with E-state index in [0.717, 1.165) is 36.4 Å². The van der Waals surface area contributed by atoms with Gasteiger partial charge in [-0.3, -0.25) is 19.8 Å². The highest BCUT2D eigenvalue weighted by atomic mass is 32.2. The van der Waals surface area contributed by atoms with E-state index in [1.807, 2.05) is 13.8 Å². The number of rotatable bonds is 7. The maximum atomic E-state index is 13.2. The summed E-state index contributed by atoms with van der Waals surface area (Å²) in [6.45, 7) is 9.50. The first-order valence-corrected chi connectivity index (χ1v) is 15.1. The first kappa shape index (κ1) is 28.2. The second-order valence-corrected chi connectivity index (χ2v) is 13.3. The van der Waals surface area contributed by atoms with Crippen LogP contribution in [0.1, 0.15) is 64.8 Å². The van der Waals surface area contributed by atoms with E-state index in [-0.39, 0.29) is 27.9 Å². The zero-order chi connectivity index (χ0) is 27.6. The van der Waals surface area contributed by atoms with Gasteiger partial charge in [-0.1, -0.05) is 20.8 Å². The fourth-order valence-corrected chi connectivity index (χ4v) is 8.33. The largest absolute Gasteiger partial charge is 0.351 e. The zero-order valence-electron chi connectivity index (χ0n) is 22.0. The van der Waals surface area contributed by atoms with Gasteiger partial charge in [-0.2, -0.15) is 4.31 Å². The van der Waals surface area contributed by atoms with Gasteiger partial charge >= 0.3 is 6.03 Å². The number of nitrogens with zero attached hydrogens (tertiary/aromatic N) is 2. The third-order valence-electron chi connectivity index (χ3n) is 6.96. The normalized spacial score (nSPS) is 20.5. The van der Waals surface area contributed by atoms with Gasteiger partial charge in [-0.15, -0.1) is 11.3 Å². The van der Waals surface area contributed by atoms with E-state index in [0.29, 0.717) is 31.1 Å². The van der Waals surface area contributed by atoms with Crippen LogP contribution >= 0.6 is 11.3 Å². The third-order valence-corrected chi connectivity index (χ3v) is 9.93. The topological polar surface area (TPSA) is 142 Å². The molecule has 10 nitrogen and oxygen atoms in total. The summed E-state index contributed by atoms with van der Waals surface area (Å²) < 4.78 is 27.9. The van der Waals surface area contributed by atoms with Crippen LogP contribution in [-0.4, -0.2) is 61.6 Å². The van der Waals surface area contributed by atoms with Gasteiger partial charge in [0.15, 0.2) is 0 Å². The number of nitrogens with one attached hydrogen (secondary N) is 2. The summed E-state index contributed by atoms with van der Waals surface area (Å²) in [4.78, 5) is 40.7. The predicted octanol–water partition coefficient (Wildman–Crippen LogP) is 3.24. The minimum absolute atomic E-state index is 0.138. The maximum Gasteiger partial charge on any atom is 0.319 e. The average molecular weight is 562 g/mol. The number of hydrogen-bond donors (Lipinski definition) is 3. The van der Waals surface area contributed by atoms with Crippen LogP contribution in [0.25, 0.3) is 0 Å². The van der Waals surface area contributed by atoms with Gasteiger partial charge in [-0.05, 0) is 67.5 Å². The van der Waals surface area contributed by atoms with Crippen LogP contribution < -0.4 is 16.4 Å². The zero-order valence-corrected chi connectivity index (χ0v) is 23.6. The number of nitrogens with two attached hydrogens (primary N) is 1. The molecule has 206 valence electrons. The number of thiophene rings is 1. The van der Waals surface area contributed by atoms with Gasteiger partial charge in [0.05, 0.1) is 10.5 Å². The summed E-state index contributed by atoms with van der Waals surface area (Å²) in [5.74, 6) is -0.567. The Kier molecular flexibility index (Phi) is 8.55. The number of imide groups is 1. The van der Waals surface area contributed by atoms with Crippen molar-refractivity contribution in [1.29, 1.82) is 0 Å². The van der Waals surface area contributed by atoms with E-state index < -0.39 is 27.9 Å². The average Bonchev–Trinajstić information content (AvgIpc) is 3.20. The third kappa shape index (κ3) is 6.09. The lowest BCUT2D eigenvalue weighted by Gasteiger charge is -2.34. The van der Waals surface area contributed by atoms with Crippen molar-refractivity contribution in [3.8, 4) is 0 Å². The Hall–Kier alpha value is -2.80. The second kappa shape index (κ2) is 11.5. The van der Waals surface area contributed by atoms with Crippen LogP contribution in [0.3, 0.4) is 0 Å². The Labute approximate surface area is 227 Å². The SMILES string of the molecule is CCCN1CCc2c(sc(NC(=O)c3ccc(S(=O)(=O)N4CC(C)CC(C)C4)cc3)c2C(=O)NC(N)=O)C1. The van der Waals surface area contributed by atoms with Crippen LogP contribution in [0.5, 0.6) is 0 Å². The number of hydrogen-bond acceptors (Lipinski definition) is 7. The molecule has 12 heteroatoms. The van der Waals surface area contributed by atoms with Crippen molar-refractivity contribution in [1.82, 2.24) is 14.5 Å². The van der Waals surface area contributed by atoms with E-state index in [9.17, 15) is 22.8 Å². The lowest BCUT2D eigenvalue weighted by molar-refractivity contribution is 0.0965. The van der Waals surface area contributed by atoms with Crippen molar-refractivity contribution in [2.24, 2.45) is 17.6 Å². The van der Waals surface area contributed by atoms with Gasteiger partial charge in [0.1, 0.15) is 5.00 Å². The highest BCUT2D eigenvalue weighted by molar-refractivity contribution is 7.89. The molecule has 0 saturated carbocycles. The number of anilines is 1. The van der Waals surface area contributed by atoms with Crippen molar-refractivity contribution in [2.75, 3.05) is 31.5 Å². The Balaban J connectivity index is 1.56. The molecule has 38 heavy (non-hydrogen) atoms. The predicted molar refractivity (Wildman–Crippen MR) is 147 cm³/mol. The fraction of sp³-hybridized carbons (Fsp3) is 0.500. The molecule has 0 aliphatic carbocycles. The van der Waals surface area contributed by atoms with Crippen molar-refractivity contribution in [3.05, 3.63) is 45.8 Å². The summed E-state index contributed by atoms with van der Waals surface area (Å²) in [6, 6.07) is 4.86. The number of primary amides is 1. The lowest BCUT2D eigenvalue weighted by atomic mass is 9.94. The summed E-state index contributed by atoms with van der Waals surface area (Å²) in [5.41, 5.74) is 6.50. The van der Waals surface area contributed by atoms with Crippen molar-refractivity contribution < 1.29 is 22.8 Å². The molecule has 4 N–H and O–H groups in total. The maximum absolute atomic E-state index is 13.2. The molecule has 1 aromatic carbocycles. The fourth-order valence-electron chi connectivity index (χ4n) is 5.37. The lowest BCUT2D eigenvalue weighted by Crippen LogP contribution is -2.42. The molecule has 3 heterocycles. The molecule has 0 bridgehead atoms. The van der Waals surface area contributed by atoms with Gasteiger partial charge in [-0.25, -0.2) is 13.2 Å². The molecule has 4 amide bonds. The molecule has 2 aromatic rings. The van der Waals surface area contributed by atoms with Crippen molar-refractivity contribution in [3.63, 3.8) is 0 Å². The Bertz CT molecular complexity index is 1310. The van der Waals surface area contributed by atoms with Gasteiger partial charge in [0, 0.05) is 36.6 Å². The van der Waals surface area contributed by atoms with Crippen LogP contribution in [0.4, 0.5) is 9.80 Å².